The number of halogens is 4. The summed E-state index contributed by atoms with van der Waals surface area (Å²) < 4.78 is 38.9. The van der Waals surface area contributed by atoms with Crippen LogP contribution in [0.4, 0.5) is 24.5 Å². The van der Waals surface area contributed by atoms with Crippen LogP contribution in [0.2, 0.25) is 5.02 Å². The van der Waals surface area contributed by atoms with Crippen molar-refractivity contribution in [3.8, 4) is 0 Å². The van der Waals surface area contributed by atoms with Crippen LogP contribution in [0.15, 0.2) is 36.4 Å². The molecule has 0 fully saturated rings. The number of nitrogens with one attached hydrogen (secondary N) is 2. The van der Waals surface area contributed by atoms with Crippen molar-refractivity contribution in [1.29, 1.82) is 0 Å². The van der Waals surface area contributed by atoms with Gasteiger partial charge in [-0.3, -0.25) is 4.79 Å². The van der Waals surface area contributed by atoms with E-state index in [1.54, 1.807) is 0 Å². The van der Waals surface area contributed by atoms with Gasteiger partial charge in [0.15, 0.2) is 0 Å². The first-order valence-corrected chi connectivity index (χ1v) is 6.27. The number of anilines is 2. The van der Waals surface area contributed by atoms with E-state index in [2.05, 4.69) is 10.6 Å². The Morgan fingerprint density at radius 1 is 1.00 bits per heavy atom. The van der Waals surface area contributed by atoms with Gasteiger partial charge in [0.05, 0.1) is 11.6 Å². The topological polar surface area (TPSA) is 41.1 Å². The lowest BCUT2D eigenvalue weighted by atomic mass is 10.3. The fourth-order valence-electron chi connectivity index (χ4n) is 1.62. The van der Waals surface area contributed by atoms with Gasteiger partial charge in [-0.05, 0) is 30.3 Å². The molecule has 0 spiro atoms. The number of carbonyl (C=O) groups excluding carboxylic acids is 1. The van der Waals surface area contributed by atoms with Crippen molar-refractivity contribution in [2.75, 3.05) is 17.2 Å². The van der Waals surface area contributed by atoms with Gasteiger partial charge in [0.1, 0.15) is 17.5 Å². The van der Waals surface area contributed by atoms with Gasteiger partial charge < -0.3 is 10.6 Å². The summed E-state index contributed by atoms with van der Waals surface area (Å²) in [6.45, 7) is -0.167. The van der Waals surface area contributed by atoms with E-state index in [0.29, 0.717) is 11.8 Å². The molecule has 110 valence electrons. The van der Waals surface area contributed by atoms with Crippen LogP contribution >= 0.6 is 11.6 Å². The lowest BCUT2D eigenvalue weighted by molar-refractivity contribution is -0.114. The minimum Gasteiger partial charge on any atom is -0.376 e. The molecule has 2 aromatic rings. The van der Waals surface area contributed by atoms with E-state index in [0.717, 1.165) is 18.2 Å². The van der Waals surface area contributed by atoms with E-state index < -0.39 is 23.4 Å². The smallest absolute Gasteiger partial charge is 0.243 e. The first kappa shape index (κ1) is 15.2. The molecule has 21 heavy (non-hydrogen) atoms. The number of hydrogen-bond donors (Lipinski definition) is 2. The fourth-order valence-corrected chi connectivity index (χ4v) is 1.80. The highest BCUT2D eigenvalue weighted by Crippen LogP contribution is 2.19. The number of amides is 1. The molecule has 1 amide bonds. The highest BCUT2D eigenvalue weighted by molar-refractivity contribution is 6.31. The summed E-state index contributed by atoms with van der Waals surface area (Å²) in [7, 11) is 0. The molecule has 0 unspecified atom stereocenters. The quantitative estimate of drug-likeness (QED) is 0.901. The second-order valence-electron chi connectivity index (χ2n) is 4.19. The molecule has 0 aliphatic rings. The Morgan fingerprint density at radius 2 is 1.67 bits per heavy atom. The molecule has 0 atom stereocenters. The summed E-state index contributed by atoms with van der Waals surface area (Å²) >= 11 is 5.59. The van der Waals surface area contributed by atoms with Crippen molar-refractivity contribution in [2.24, 2.45) is 0 Å². The van der Waals surface area contributed by atoms with Gasteiger partial charge >= 0.3 is 0 Å². The molecule has 2 aromatic carbocycles. The summed E-state index contributed by atoms with van der Waals surface area (Å²) in [6.07, 6.45) is 0. The molecule has 0 aliphatic heterocycles. The summed E-state index contributed by atoms with van der Waals surface area (Å²) in [5, 5.41) is 4.97. The first-order chi connectivity index (χ1) is 9.94. The third-order valence-corrected chi connectivity index (χ3v) is 2.81. The van der Waals surface area contributed by atoms with Crippen molar-refractivity contribution in [1.82, 2.24) is 0 Å². The molecule has 0 heterocycles. The maximum atomic E-state index is 13.0. The Hall–Kier alpha value is -2.21. The lowest BCUT2D eigenvalue weighted by Crippen LogP contribution is -2.21. The minimum atomic E-state index is -0.788. The van der Waals surface area contributed by atoms with Crippen LogP contribution in [0.1, 0.15) is 0 Å². The molecule has 0 bridgehead atoms. The predicted molar refractivity (Wildman–Crippen MR) is 74.9 cm³/mol. The van der Waals surface area contributed by atoms with Gasteiger partial charge in [-0.15, -0.1) is 0 Å². The van der Waals surface area contributed by atoms with Crippen LogP contribution in [0.25, 0.3) is 0 Å². The second kappa shape index (κ2) is 6.49. The third-order valence-electron chi connectivity index (χ3n) is 2.52. The zero-order chi connectivity index (χ0) is 15.4. The largest absolute Gasteiger partial charge is 0.376 e. The number of carbonyl (C=O) groups is 1. The van der Waals surface area contributed by atoms with Crippen LogP contribution in [0.3, 0.4) is 0 Å². The molecular weight excluding hydrogens is 305 g/mol. The van der Waals surface area contributed by atoms with Crippen LogP contribution < -0.4 is 10.6 Å². The molecule has 0 saturated heterocycles. The summed E-state index contributed by atoms with van der Waals surface area (Å²) in [4.78, 5) is 11.6. The van der Waals surface area contributed by atoms with Crippen molar-refractivity contribution < 1.29 is 18.0 Å². The van der Waals surface area contributed by atoms with E-state index in [-0.39, 0.29) is 17.3 Å². The number of rotatable bonds is 4. The average molecular weight is 315 g/mol. The van der Waals surface area contributed by atoms with Gasteiger partial charge in [-0.25, -0.2) is 13.2 Å². The van der Waals surface area contributed by atoms with Crippen LogP contribution in [0.5, 0.6) is 0 Å². The fraction of sp³-hybridized carbons (Fsp3) is 0.0714. The molecule has 2 N–H and O–H groups in total. The molecule has 2 rings (SSSR count). The van der Waals surface area contributed by atoms with Gasteiger partial charge in [-0.1, -0.05) is 11.6 Å². The zero-order valence-corrected chi connectivity index (χ0v) is 11.3. The molecular formula is C14H10ClF3N2O. The van der Waals surface area contributed by atoms with Gasteiger partial charge in [-0.2, -0.15) is 0 Å². The Kier molecular flexibility index (Phi) is 4.70. The highest BCUT2D eigenvalue weighted by atomic mass is 35.5. The van der Waals surface area contributed by atoms with Crippen LogP contribution in [-0.2, 0) is 4.79 Å². The average Bonchev–Trinajstić information content (AvgIpc) is 2.39. The monoisotopic (exact) mass is 314 g/mol. The maximum absolute atomic E-state index is 13.0. The molecule has 0 aromatic heterocycles. The molecule has 3 nitrogen and oxygen atoms in total. The minimum absolute atomic E-state index is 0.0106. The third kappa shape index (κ3) is 4.39. The van der Waals surface area contributed by atoms with E-state index >= 15 is 0 Å². The normalized spacial score (nSPS) is 10.3. The van der Waals surface area contributed by atoms with Crippen LogP contribution in [0, 0.1) is 17.5 Å². The highest BCUT2D eigenvalue weighted by Gasteiger charge is 2.06. The Labute approximate surface area is 123 Å². The Morgan fingerprint density at radius 3 is 2.29 bits per heavy atom. The van der Waals surface area contributed by atoms with Gasteiger partial charge in [0, 0.05) is 17.4 Å². The van der Waals surface area contributed by atoms with Gasteiger partial charge in [0.2, 0.25) is 5.91 Å². The lowest BCUT2D eigenvalue weighted by Gasteiger charge is -2.08. The van der Waals surface area contributed by atoms with E-state index in [4.69, 9.17) is 11.6 Å². The summed E-state index contributed by atoms with van der Waals surface area (Å²) in [6, 6.07) is 6.59. The van der Waals surface area contributed by atoms with Crippen molar-refractivity contribution >= 4 is 28.9 Å². The van der Waals surface area contributed by atoms with E-state index in [1.165, 1.54) is 12.1 Å². The van der Waals surface area contributed by atoms with Crippen LogP contribution in [-0.4, -0.2) is 12.5 Å². The molecule has 7 heteroatoms. The standard InChI is InChI=1S/C14H10ClF3N2O/c15-12-6-10(1-2-13(12)18)19-7-14(21)20-11-4-8(16)3-9(17)5-11/h1-6,19H,7H2,(H,20,21). The Bertz CT molecular complexity index is 659. The second-order valence-corrected chi connectivity index (χ2v) is 4.60. The molecule has 0 saturated carbocycles. The number of benzene rings is 2. The van der Waals surface area contributed by atoms with Crippen molar-refractivity contribution in [3.63, 3.8) is 0 Å². The maximum Gasteiger partial charge on any atom is 0.243 e. The molecule has 0 aliphatic carbocycles. The first-order valence-electron chi connectivity index (χ1n) is 5.89. The van der Waals surface area contributed by atoms with E-state index in [1.807, 2.05) is 0 Å². The molecule has 0 radical (unpaired) electrons. The summed E-state index contributed by atoms with van der Waals surface area (Å²) in [5.41, 5.74) is 0.457. The van der Waals surface area contributed by atoms with Crippen molar-refractivity contribution in [3.05, 3.63) is 58.9 Å². The number of hydrogen-bond acceptors (Lipinski definition) is 2. The summed E-state index contributed by atoms with van der Waals surface area (Å²) in [5.74, 6) is -2.66. The van der Waals surface area contributed by atoms with Crippen molar-refractivity contribution in [2.45, 2.75) is 0 Å². The predicted octanol–water partition coefficient (Wildman–Crippen LogP) is 3.81. The SMILES string of the molecule is O=C(CNc1ccc(F)c(Cl)c1)Nc1cc(F)cc(F)c1. The van der Waals surface area contributed by atoms with E-state index in [9.17, 15) is 18.0 Å². The zero-order valence-electron chi connectivity index (χ0n) is 10.6. The Balaban J connectivity index is 1.94. The van der Waals surface area contributed by atoms with Gasteiger partial charge in [0.25, 0.3) is 0 Å².